The molecule has 0 saturated heterocycles. The molecule has 0 atom stereocenters. The van der Waals surface area contributed by atoms with E-state index in [-0.39, 0.29) is 18.2 Å². The molecule has 168 valence electrons. The number of anilines is 2. The van der Waals surface area contributed by atoms with Gasteiger partial charge in [-0.05, 0) is 49.1 Å². The van der Waals surface area contributed by atoms with Crippen molar-refractivity contribution in [2.75, 3.05) is 31.4 Å². The van der Waals surface area contributed by atoms with E-state index in [2.05, 4.69) is 31.1 Å². The fourth-order valence-corrected chi connectivity index (χ4v) is 3.10. The van der Waals surface area contributed by atoms with E-state index in [0.717, 1.165) is 36.2 Å². The molecule has 0 bridgehead atoms. The maximum absolute atomic E-state index is 12.3. The smallest absolute Gasteiger partial charge is 0.273 e. The Bertz CT molecular complexity index is 1050. The van der Waals surface area contributed by atoms with E-state index in [1.165, 1.54) is 0 Å². The molecule has 2 aromatic heterocycles. The first-order valence-electron chi connectivity index (χ1n) is 10.5. The van der Waals surface area contributed by atoms with Crippen LogP contribution in [0, 0.1) is 0 Å². The van der Waals surface area contributed by atoms with E-state index >= 15 is 0 Å². The summed E-state index contributed by atoms with van der Waals surface area (Å²) in [6, 6.07) is 11.5. The van der Waals surface area contributed by atoms with Gasteiger partial charge in [0.2, 0.25) is 5.91 Å². The predicted molar refractivity (Wildman–Crippen MR) is 121 cm³/mol. The topological polar surface area (TPSA) is 118 Å². The third kappa shape index (κ3) is 6.59. The van der Waals surface area contributed by atoms with E-state index < -0.39 is 0 Å². The number of benzene rings is 1. The zero-order valence-corrected chi connectivity index (χ0v) is 18.6. The monoisotopic (exact) mass is 436 g/mol. The first-order chi connectivity index (χ1) is 15.4. The molecule has 2 amide bonds. The first kappa shape index (κ1) is 22.9. The average molecular weight is 437 g/mol. The van der Waals surface area contributed by atoms with Crippen molar-refractivity contribution in [2.24, 2.45) is 0 Å². The van der Waals surface area contributed by atoms with Crippen molar-refractivity contribution in [3.63, 3.8) is 0 Å². The lowest BCUT2D eigenvalue weighted by Gasteiger charge is -2.13. The summed E-state index contributed by atoms with van der Waals surface area (Å²) < 4.78 is 1.66. The SMILES string of the molecule is CNC(=O)c1cn(CCCCc2ccc(NC(=O)Cc3cccc(N(C)C)c3)nn2)nn1. The van der Waals surface area contributed by atoms with Gasteiger partial charge in [-0.1, -0.05) is 17.3 Å². The molecule has 0 aliphatic rings. The average Bonchev–Trinajstić information content (AvgIpc) is 3.26. The number of unbranched alkanes of at least 4 members (excludes halogenated alkanes) is 1. The standard InChI is InChI=1S/C22H28N8O2/c1-23-22(32)19-15-30(28-26-19)12-5-4-8-17-10-11-20(27-25-17)24-21(31)14-16-7-6-9-18(13-16)29(2)3/h6-7,9-11,13,15H,4-5,8,12,14H2,1-3H3,(H,23,32)(H,24,27,31). The van der Waals surface area contributed by atoms with Gasteiger partial charge < -0.3 is 15.5 Å². The minimum Gasteiger partial charge on any atom is -0.378 e. The number of amides is 2. The normalized spacial score (nSPS) is 10.6. The largest absolute Gasteiger partial charge is 0.378 e. The fourth-order valence-electron chi connectivity index (χ4n) is 3.10. The van der Waals surface area contributed by atoms with Crippen molar-refractivity contribution in [3.05, 3.63) is 59.5 Å². The van der Waals surface area contributed by atoms with Crippen molar-refractivity contribution in [1.29, 1.82) is 0 Å². The van der Waals surface area contributed by atoms with Gasteiger partial charge in [-0.25, -0.2) is 0 Å². The number of nitrogens with zero attached hydrogens (tertiary/aromatic N) is 6. The number of carbonyl (C=O) groups excluding carboxylic acids is 2. The number of nitrogens with one attached hydrogen (secondary N) is 2. The number of aromatic nitrogens is 5. The molecule has 2 heterocycles. The van der Waals surface area contributed by atoms with Gasteiger partial charge >= 0.3 is 0 Å². The third-order valence-corrected chi connectivity index (χ3v) is 4.85. The molecule has 0 radical (unpaired) electrons. The van der Waals surface area contributed by atoms with Crippen LogP contribution in [0.4, 0.5) is 11.5 Å². The van der Waals surface area contributed by atoms with E-state index in [9.17, 15) is 9.59 Å². The summed E-state index contributed by atoms with van der Waals surface area (Å²) >= 11 is 0. The van der Waals surface area contributed by atoms with Gasteiger partial charge in [0.1, 0.15) is 0 Å². The molecule has 0 saturated carbocycles. The van der Waals surface area contributed by atoms with E-state index in [1.54, 1.807) is 24.0 Å². The molecule has 0 fully saturated rings. The lowest BCUT2D eigenvalue weighted by molar-refractivity contribution is -0.115. The molecule has 1 aromatic carbocycles. The molecular formula is C22H28N8O2. The maximum Gasteiger partial charge on any atom is 0.273 e. The molecule has 2 N–H and O–H groups in total. The third-order valence-electron chi connectivity index (χ3n) is 4.85. The quantitative estimate of drug-likeness (QED) is 0.464. The second kappa shape index (κ2) is 11.0. The zero-order valence-electron chi connectivity index (χ0n) is 18.6. The maximum atomic E-state index is 12.3. The Balaban J connectivity index is 1.41. The van der Waals surface area contributed by atoms with Crippen molar-refractivity contribution < 1.29 is 9.59 Å². The van der Waals surface area contributed by atoms with Gasteiger partial charge in [-0.3, -0.25) is 14.3 Å². The van der Waals surface area contributed by atoms with Gasteiger partial charge in [0.05, 0.1) is 18.3 Å². The lowest BCUT2D eigenvalue weighted by atomic mass is 10.1. The summed E-state index contributed by atoms with van der Waals surface area (Å²) in [5.41, 5.74) is 3.15. The van der Waals surface area contributed by atoms with Crippen LogP contribution in [0.2, 0.25) is 0 Å². The highest BCUT2D eigenvalue weighted by Crippen LogP contribution is 2.14. The molecule has 10 heteroatoms. The van der Waals surface area contributed by atoms with Crippen molar-refractivity contribution in [2.45, 2.75) is 32.2 Å². The molecule has 0 spiro atoms. The highest BCUT2D eigenvalue weighted by molar-refractivity contribution is 5.92. The summed E-state index contributed by atoms with van der Waals surface area (Å²) in [5, 5.41) is 21.4. The zero-order chi connectivity index (χ0) is 22.9. The highest BCUT2D eigenvalue weighted by Gasteiger charge is 2.09. The molecule has 0 aliphatic heterocycles. The van der Waals surface area contributed by atoms with Gasteiger partial charge in [0, 0.05) is 33.4 Å². The molecule has 0 aliphatic carbocycles. The lowest BCUT2D eigenvalue weighted by Crippen LogP contribution is -2.18. The van der Waals surface area contributed by atoms with Gasteiger partial charge in [0.25, 0.3) is 5.91 Å². The van der Waals surface area contributed by atoms with Gasteiger partial charge in [-0.15, -0.1) is 10.2 Å². The van der Waals surface area contributed by atoms with E-state index in [1.807, 2.05) is 49.3 Å². The van der Waals surface area contributed by atoms with Crippen LogP contribution in [0.1, 0.15) is 34.6 Å². The van der Waals surface area contributed by atoms with Gasteiger partial charge in [0.15, 0.2) is 11.5 Å². The van der Waals surface area contributed by atoms with E-state index in [0.29, 0.717) is 18.1 Å². The Labute approximate surface area is 187 Å². The van der Waals surface area contributed by atoms with Crippen LogP contribution in [0.5, 0.6) is 0 Å². The van der Waals surface area contributed by atoms with E-state index in [4.69, 9.17) is 0 Å². The number of aryl methyl sites for hydroxylation is 2. The Morgan fingerprint density at radius 3 is 2.62 bits per heavy atom. The summed E-state index contributed by atoms with van der Waals surface area (Å²) in [6.07, 6.45) is 4.41. The molecule has 32 heavy (non-hydrogen) atoms. The number of rotatable bonds is 10. The summed E-state index contributed by atoms with van der Waals surface area (Å²) in [5.74, 6) is 0.0551. The van der Waals surface area contributed by atoms with Crippen LogP contribution >= 0.6 is 0 Å². The first-order valence-corrected chi connectivity index (χ1v) is 10.5. The van der Waals surface area contributed by atoms with Crippen molar-refractivity contribution in [1.82, 2.24) is 30.5 Å². The van der Waals surface area contributed by atoms with Crippen molar-refractivity contribution >= 4 is 23.3 Å². The Hall–Kier alpha value is -3.82. The minimum atomic E-state index is -0.249. The minimum absolute atomic E-state index is 0.132. The Morgan fingerprint density at radius 2 is 1.91 bits per heavy atom. The van der Waals surface area contributed by atoms with Crippen LogP contribution in [0.25, 0.3) is 0 Å². The molecule has 0 unspecified atom stereocenters. The van der Waals surface area contributed by atoms with Crippen LogP contribution in [-0.2, 0) is 24.2 Å². The van der Waals surface area contributed by atoms with Crippen LogP contribution in [0.15, 0.2) is 42.6 Å². The number of carbonyl (C=O) groups is 2. The molecule has 3 rings (SSSR count). The summed E-state index contributed by atoms with van der Waals surface area (Å²) in [7, 11) is 5.49. The molecule has 10 nitrogen and oxygen atoms in total. The second-order valence-corrected chi connectivity index (χ2v) is 7.60. The summed E-state index contributed by atoms with van der Waals surface area (Å²) in [6.45, 7) is 0.667. The molecular weight excluding hydrogens is 408 g/mol. The fraction of sp³-hybridized carbons (Fsp3) is 0.364. The predicted octanol–water partition coefficient (Wildman–Crippen LogP) is 1.70. The molecule has 3 aromatic rings. The van der Waals surface area contributed by atoms with Crippen LogP contribution in [0.3, 0.4) is 0 Å². The number of hydrogen-bond acceptors (Lipinski definition) is 7. The summed E-state index contributed by atoms with van der Waals surface area (Å²) in [4.78, 5) is 25.8. The van der Waals surface area contributed by atoms with Crippen LogP contribution in [-0.4, -0.2) is 58.1 Å². The van der Waals surface area contributed by atoms with Crippen molar-refractivity contribution in [3.8, 4) is 0 Å². The number of hydrogen-bond donors (Lipinski definition) is 2. The second-order valence-electron chi connectivity index (χ2n) is 7.60. The Kier molecular flexibility index (Phi) is 7.85. The van der Waals surface area contributed by atoms with Gasteiger partial charge in [-0.2, -0.15) is 5.10 Å². The Morgan fingerprint density at radius 1 is 1.06 bits per heavy atom. The van der Waals surface area contributed by atoms with Crippen LogP contribution < -0.4 is 15.5 Å². The highest BCUT2D eigenvalue weighted by atomic mass is 16.2.